The summed E-state index contributed by atoms with van der Waals surface area (Å²) < 4.78 is 12.9. The molecule has 7 nitrogen and oxygen atoms in total. The number of aromatic nitrogens is 1. The standard InChI is InChI=1S/C29H25N3O4S/c1-18-8-12-21(13-9-18)31-27(33)23(17-30)29-32(22-14-10-19(2)11-15-22)28(34)25(37-29)16-20-6-5-7-24(35-3)26(20)36-4/h5-16H,1-4H3,(H,31,33)/b25-16+,29-23-. The van der Waals surface area contributed by atoms with Gasteiger partial charge in [-0.3, -0.25) is 14.2 Å². The largest absolute Gasteiger partial charge is 0.493 e. The quantitative estimate of drug-likeness (QED) is 0.426. The van der Waals surface area contributed by atoms with Gasteiger partial charge >= 0.3 is 0 Å². The van der Waals surface area contributed by atoms with Gasteiger partial charge in [0.1, 0.15) is 10.7 Å². The summed E-state index contributed by atoms with van der Waals surface area (Å²) in [4.78, 5) is 26.9. The van der Waals surface area contributed by atoms with Gasteiger partial charge in [-0.1, -0.05) is 47.5 Å². The van der Waals surface area contributed by atoms with Crippen LogP contribution in [0.3, 0.4) is 0 Å². The zero-order chi connectivity index (χ0) is 26.5. The monoisotopic (exact) mass is 511 g/mol. The molecule has 37 heavy (non-hydrogen) atoms. The summed E-state index contributed by atoms with van der Waals surface area (Å²) in [5, 5.41) is 12.8. The van der Waals surface area contributed by atoms with Crippen molar-refractivity contribution in [3.8, 4) is 23.3 Å². The van der Waals surface area contributed by atoms with Gasteiger partial charge in [-0.25, -0.2) is 0 Å². The van der Waals surface area contributed by atoms with Gasteiger partial charge in [0.2, 0.25) is 0 Å². The van der Waals surface area contributed by atoms with Crippen LogP contribution in [0.5, 0.6) is 11.5 Å². The van der Waals surface area contributed by atoms with Crippen molar-refractivity contribution in [1.29, 1.82) is 5.26 Å². The lowest BCUT2D eigenvalue weighted by Gasteiger charge is -2.09. The third kappa shape index (κ3) is 5.32. The Hall–Kier alpha value is -4.61. The van der Waals surface area contributed by atoms with Gasteiger partial charge in [0.25, 0.3) is 11.5 Å². The molecule has 0 radical (unpaired) electrons. The maximum atomic E-state index is 13.7. The van der Waals surface area contributed by atoms with Crippen molar-refractivity contribution in [1.82, 2.24) is 4.57 Å². The highest BCUT2D eigenvalue weighted by molar-refractivity contribution is 7.07. The molecule has 1 amide bonds. The number of methoxy groups -OCH3 is 2. The van der Waals surface area contributed by atoms with E-state index in [1.807, 2.05) is 44.2 Å². The fourth-order valence-electron chi connectivity index (χ4n) is 3.77. The second-order valence-electron chi connectivity index (χ2n) is 8.28. The number of carbonyl (C=O) groups excluding carboxylic acids is 1. The summed E-state index contributed by atoms with van der Waals surface area (Å²) in [5.41, 5.74) is 3.27. The molecule has 1 N–H and O–H groups in total. The van der Waals surface area contributed by atoms with Crippen LogP contribution in [0, 0.1) is 25.2 Å². The summed E-state index contributed by atoms with van der Waals surface area (Å²) in [6.07, 6.45) is 1.68. The highest BCUT2D eigenvalue weighted by atomic mass is 32.1. The average molecular weight is 512 g/mol. The molecular formula is C29H25N3O4S. The number of hydrogen-bond donors (Lipinski definition) is 1. The third-order valence-corrected chi connectivity index (χ3v) is 6.79. The van der Waals surface area contributed by atoms with Crippen LogP contribution in [0.4, 0.5) is 5.69 Å². The lowest BCUT2D eigenvalue weighted by atomic mass is 10.2. The Kier molecular flexibility index (Phi) is 7.56. The van der Waals surface area contributed by atoms with E-state index in [1.165, 1.54) is 18.8 Å². The Balaban J connectivity index is 1.98. The number of aryl methyl sites for hydroxylation is 2. The molecule has 0 aliphatic carbocycles. The van der Waals surface area contributed by atoms with Crippen molar-refractivity contribution in [2.45, 2.75) is 13.8 Å². The van der Waals surface area contributed by atoms with Crippen LogP contribution in [-0.2, 0) is 4.79 Å². The molecule has 1 aromatic heterocycles. The highest BCUT2D eigenvalue weighted by Crippen LogP contribution is 2.31. The van der Waals surface area contributed by atoms with E-state index in [4.69, 9.17) is 9.47 Å². The summed E-state index contributed by atoms with van der Waals surface area (Å²) >= 11 is 1.06. The van der Waals surface area contributed by atoms with Gasteiger partial charge in [-0.05, 0) is 50.3 Å². The molecule has 0 bridgehead atoms. The summed E-state index contributed by atoms with van der Waals surface area (Å²) in [6.45, 7) is 3.89. The Morgan fingerprint density at radius 3 is 2.22 bits per heavy atom. The van der Waals surface area contributed by atoms with Gasteiger partial charge in [0.15, 0.2) is 17.1 Å². The molecule has 0 spiro atoms. The number of carbonyl (C=O) groups is 1. The van der Waals surface area contributed by atoms with Crippen molar-refractivity contribution in [3.05, 3.63) is 103 Å². The predicted molar refractivity (Wildman–Crippen MR) is 146 cm³/mol. The van der Waals surface area contributed by atoms with Crippen LogP contribution < -0.4 is 29.5 Å². The normalized spacial score (nSPS) is 12.0. The average Bonchev–Trinajstić information content (AvgIpc) is 3.21. The number of nitrogens with one attached hydrogen (secondary N) is 1. The summed E-state index contributed by atoms with van der Waals surface area (Å²) in [7, 11) is 3.06. The third-order valence-electron chi connectivity index (χ3n) is 5.70. The molecule has 0 unspecified atom stereocenters. The van der Waals surface area contributed by atoms with Crippen molar-refractivity contribution in [2.75, 3.05) is 19.5 Å². The van der Waals surface area contributed by atoms with Crippen LogP contribution in [-0.4, -0.2) is 24.7 Å². The van der Waals surface area contributed by atoms with E-state index in [0.717, 1.165) is 22.5 Å². The SMILES string of the molecule is COc1cccc(/C=c2/s/c(=C(/C#N)C(=O)Nc3ccc(C)cc3)n(-c3ccc(C)cc3)c2=O)c1OC. The maximum absolute atomic E-state index is 13.7. The van der Waals surface area contributed by atoms with E-state index < -0.39 is 5.91 Å². The second-order valence-corrected chi connectivity index (χ2v) is 9.31. The van der Waals surface area contributed by atoms with Gasteiger partial charge in [-0.15, -0.1) is 11.3 Å². The second kappa shape index (κ2) is 11.0. The molecule has 0 atom stereocenters. The minimum atomic E-state index is -0.598. The van der Waals surface area contributed by atoms with Crippen molar-refractivity contribution >= 4 is 34.6 Å². The first-order valence-electron chi connectivity index (χ1n) is 11.4. The fraction of sp³-hybridized carbons (Fsp3) is 0.138. The van der Waals surface area contributed by atoms with Crippen molar-refractivity contribution < 1.29 is 14.3 Å². The number of nitriles is 1. The lowest BCUT2D eigenvalue weighted by molar-refractivity contribution is -0.111. The van der Waals surface area contributed by atoms with Crippen LogP contribution in [0.25, 0.3) is 17.3 Å². The Bertz CT molecular complexity index is 1680. The van der Waals surface area contributed by atoms with E-state index in [-0.39, 0.29) is 15.8 Å². The molecule has 186 valence electrons. The minimum absolute atomic E-state index is 0.166. The minimum Gasteiger partial charge on any atom is -0.493 e. The molecule has 0 saturated heterocycles. The molecule has 4 aromatic rings. The van der Waals surface area contributed by atoms with Crippen LogP contribution in [0.2, 0.25) is 0 Å². The Labute approximate surface area is 218 Å². The van der Waals surface area contributed by atoms with Gasteiger partial charge in [0, 0.05) is 11.3 Å². The van der Waals surface area contributed by atoms with Crippen molar-refractivity contribution in [3.63, 3.8) is 0 Å². The molecule has 1 heterocycles. The van der Waals surface area contributed by atoms with Crippen molar-refractivity contribution in [2.24, 2.45) is 0 Å². The van der Waals surface area contributed by atoms with E-state index in [1.54, 1.807) is 48.5 Å². The van der Waals surface area contributed by atoms with E-state index in [9.17, 15) is 14.9 Å². The van der Waals surface area contributed by atoms with Crippen LogP contribution in [0.15, 0.2) is 71.5 Å². The number of amides is 1. The fourth-order valence-corrected chi connectivity index (χ4v) is 4.86. The van der Waals surface area contributed by atoms with Gasteiger partial charge in [0.05, 0.1) is 24.4 Å². The van der Waals surface area contributed by atoms with Gasteiger partial charge in [-0.2, -0.15) is 5.26 Å². The molecule has 3 aromatic carbocycles. The zero-order valence-electron chi connectivity index (χ0n) is 20.9. The molecule has 4 rings (SSSR count). The topological polar surface area (TPSA) is 93.4 Å². The predicted octanol–water partition coefficient (Wildman–Crippen LogP) is 3.67. The number of nitrogens with zero attached hydrogens (tertiary/aromatic N) is 2. The first-order chi connectivity index (χ1) is 17.9. The molecule has 0 aliphatic rings. The van der Waals surface area contributed by atoms with E-state index in [0.29, 0.717) is 33.0 Å². The number of hydrogen-bond acceptors (Lipinski definition) is 6. The van der Waals surface area contributed by atoms with Crippen LogP contribution >= 0.6 is 11.3 Å². The molecule has 0 saturated carbocycles. The van der Waals surface area contributed by atoms with E-state index in [2.05, 4.69) is 5.32 Å². The summed E-state index contributed by atoms with van der Waals surface area (Å²) in [5.74, 6) is 0.399. The smallest absolute Gasteiger partial charge is 0.273 e. The molecule has 0 fully saturated rings. The maximum Gasteiger partial charge on any atom is 0.273 e. The number of anilines is 1. The lowest BCUT2D eigenvalue weighted by Crippen LogP contribution is -2.32. The van der Waals surface area contributed by atoms with Crippen LogP contribution in [0.1, 0.15) is 16.7 Å². The Morgan fingerprint density at radius 2 is 1.62 bits per heavy atom. The molecule has 0 aliphatic heterocycles. The highest BCUT2D eigenvalue weighted by Gasteiger charge is 2.18. The Morgan fingerprint density at radius 1 is 0.973 bits per heavy atom. The summed E-state index contributed by atoms with van der Waals surface area (Å²) in [6, 6.07) is 21.9. The molecule has 8 heteroatoms. The molecular weight excluding hydrogens is 486 g/mol. The zero-order valence-corrected chi connectivity index (χ0v) is 21.7. The van der Waals surface area contributed by atoms with E-state index >= 15 is 0 Å². The first-order valence-corrected chi connectivity index (χ1v) is 12.2. The first kappa shape index (κ1) is 25.5. The number of para-hydroxylation sites is 1. The van der Waals surface area contributed by atoms with Gasteiger partial charge < -0.3 is 14.8 Å². The number of ether oxygens (including phenoxy) is 2. The number of benzene rings is 3. The number of rotatable bonds is 6. The number of thiazole rings is 1.